The van der Waals surface area contributed by atoms with Gasteiger partial charge in [-0.25, -0.2) is 0 Å². The lowest BCUT2D eigenvalue weighted by atomic mass is 9.86. The summed E-state index contributed by atoms with van der Waals surface area (Å²) in [5, 5.41) is 0.710. The van der Waals surface area contributed by atoms with Crippen molar-refractivity contribution in [2.24, 2.45) is 0 Å². The van der Waals surface area contributed by atoms with Crippen LogP contribution in [0, 0.1) is 0 Å². The van der Waals surface area contributed by atoms with Gasteiger partial charge in [-0.05, 0) is 29.3 Å². The SMILES string of the molecule is [2H]C1([2H])c2c([nH]c3ccccc23)C(c2ccc3c(c2)OCO3)N2C(=O)CN(C)C(=O)[C@H]21. The highest BCUT2D eigenvalue weighted by Gasteiger charge is 2.47. The summed E-state index contributed by atoms with van der Waals surface area (Å²) in [5.74, 6) is 0.464. The first kappa shape index (κ1) is 14.5. The van der Waals surface area contributed by atoms with E-state index in [0.29, 0.717) is 28.1 Å². The van der Waals surface area contributed by atoms with Gasteiger partial charge in [0.1, 0.15) is 6.04 Å². The first-order valence-electron chi connectivity index (χ1n) is 10.4. The molecular weight excluding hydrogens is 370 g/mol. The molecule has 7 nitrogen and oxygen atoms in total. The largest absolute Gasteiger partial charge is 0.454 e. The smallest absolute Gasteiger partial charge is 0.245 e. The Labute approximate surface area is 169 Å². The third kappa shape index (κ3) is 2.24. The Hall–Kier alpha value is -3.48. The Kier molecular flexibility index (Phi) is 2.88. The van der Waals surface area contributed by atoms with E-state index < -0.39 is 24.4 Å². The summed E-state index contributed by atoms with van der Waals surface area (Å²) >= 11 is 0. The van der Waals surface area contributed by atoms with Crippen LogP contribution in [0.1, 0.15) is 25.6 Å². The number of likely N-dealkylation sites (N-methyl/N-ethyl adjacent to an activating group) is 1. The van der Waals surface area contributed by atoms with Gasteiger partial charge in [0.15, 0.2) is 11.5 Å². The summed E-state index contributed by atoms with van der Waals surface area (Å²) in [6.07, 6.45) is -2.07. The number of rotatable bonds is 1. The maximum absolute atomic E-state index is 13.2. The van der Waals surface area contributed by atoms with Crippen molar-refractivity contribution in [3.05, 3.63) is 59.3 Å². The molecule has 4 heterocycles. The number of nitrogens with zero attached hydrogens (tertiary/aromatic N) is 2. The zero-order chi connectivity index (χ0) is 21.5. The molecule has 29 heavy (non-hydrogen) atoms. The van der Waals surface area contributed by atoms with Crippen LogP contribution in [0.25, 0.3) is 10.9 Å². The molecule has 3 aliphatic heterocycles. The Morgan fingerprint density at radius 1 is 1.14 bits per heavy atom. The number of H-pyrrole nitrogens is 1. The maximum Gasteiger partial charge on any atom is 0.245 e. The molecule has 2 amide bonds. The summed E-state index contributed by atoms with van der Waals surface area (Å²) in [4.78, 5) is 32.4. The van der Waals surface area contributed by atoms with Gasteiger partial charge in [-0.15, -0.1) is 0 Å². The van der Waals surface area contributed by atoms with Gasteiger partial charge in [-0.3, -0.25) is 9.59 Å². The Balaban J connectivity index is 1.66. The van der Waals surface area contributed by atoms with Crippen LogP contribution in [-0.2, 0) is 16.0 Å². The highest BCUT2D eigenvalue weighted by molar-refractivity contribution is 5.97. The second-order valence-corrected chi connectivity index (χ2v) is 7.52. The van der Waals surface area contributed by atoms with E-state index in [1.54, 1.807) is 12.1 Å². The van der Waals surface area contributed by atoms with Gasteiger partial charge in [0.25, 0.3) is 0 Å². The van der Waals surface area contributed by atoms with Crippen molar-refractivity contribution in [2.45, 2.75) is 18.5 Å². The lowest BCUT2D eigenvalue weighted by molar-refractivity contribution is -0.157. The number of ether oxygens (including phenoxy) is 2. The third-order valence-electron chi connectivity index (χ3n) is 5.83. The summed E-state index contributed by atoms with van der Waals surface area (Å²) in [7, 11) is 1.54. The summed E-state index contributed by atoms with van der Waals surface area (Å²) < 4.78 is 28.9. The van der Waals surface area contributed by atoms with Crippen LogP contribution < -0.4 is 9.47 Å². The van der Waals surface area contributed by atoms with E-state index in [2.05, 4.69) is 4.98 Å². The quantitative estimate of drug-likeness (QED) is 0.690. The van der Waals surface area contributed by atoms with E-state index >= 15 is 0 Å². The Morgan fingerprint density at radius 3 is 2.86 bits per heavy atom. The zero-order valence-electron chi connectivity index (χ0n) is 17.6. The van der Waals surface area contributed by atoms with E-state index in [-0.39, 0.29) is 19.2 Å². The average Bonchev–Trinajstić information content (AvgIpc) is 3.36. The van der Waals surface area contributed by atoms with Crippen molar-refractivity contribution in [1.82, 2.24) is 14.8 Å². The van der Waals surface area contributed by atoms with Crippen LogP contribution in [0.5, 0.6) is 11.5 Å². The molecule has 3 aliphatic rings. The molecule has 2 atom stereocenters. The summed E-state index contributed by atoms with van der Waals surface area (Å²) in [6, 6.07) is 10.9. The number of carbonyl (C=O) groups is 2. The lowest BCUT2D eigenvalue weighted by Gasteiger charge is -2.46. The summed E-state index contributed by atoms with van der Waals surface area (Å²) in [6.45, 7) is 0.0280. The van der Waals surface area contributed by atoms with E-state index in [1.165, 1.54) is 16.8 Å². The minimum Gasteiger partial charge on any atom is -0.454 e. The number of hydrogen-bond donors (Lipinski definition) is 1. The number of aromatic nitrogens is 1. The van der Waals surface area contributed by atoms with Crippen LogP contribution in [0.15, 0.2) is 42.5 Å². The predicted molar refractivity (Wildman–Crippen MR) is 105 cm³/mol. The van der Waals surface area contributed by atoms with E-state index in [4.69, 9.17) is 12.2 Å². The molecule has 0 bridgehead atoms. The van der Waals surface area contributed by atoms with Gasteiger partial charge in [0.2, 0.25) is 18.6 Å². The molecule has 0 spiro atoms. The van der Waals surface area contributed by atoms with Crippen molar-refractivity contribution in [2.75, 3.05) is 20.4 Å². The number of hydrogen-bond acceptors (Lipinski definition) is 4. The number of aromatic amines is 1. The maximum atomic E-state index is 13.2. The molecule has 6 rings (SSSR count). The second-order valence-electron chi connectivity index (χ2n) is 7.52. The number of carbonyl (C=O) groups excluding carboxylic acids is 2. The molecule has 1 fully saturated rings. The van der Waals surface area contributed by atoms with Gasteiger partial charge >= 0.3 is 0 Å². The third-order valence-corrected chi connectivity index (χ3v) is 5.83. The molecule has 0 aliphatic carbocycles. The number of para-hydroxylation sites is 1. The Bertz CT molecular complexity index is 1270. The molecule has 1 aromatic heterocycles. The fraction of sp³-hybridized carbons (Fsp3) is 0.273. The zero-order valence-corrected chi connectivity index (χ0v) is 15.6. The van der Waals surface area contributed by atoms with Crippen molar-refractivity contribution < 1.29 is 21.8 Å². The van der Waals surface area contributed by atoms with Gasteiger partial charge in [-0.2, -0.15) is 0 Å². The molecule has 0 saturated carbocycles. The van der Waals surface area contributed by atoms with E-state index in [0.717, 1.165) is 11.1 Å². The van der Waals surface area contributed by atoms with Crippen molar-refractivity contribution in [3.8, 4) is 11.5 Å². The fourth-order valence-electron chi connectivity index (χ4n) is 4.47. The minimum atomic E-state index is -2.07. The van der Waals surface area contributed by atoms with Crippen LogP contribution in [-0.4, -0.2) is 53.0 Å². The number of amides is 2. The average molecular weight is 391 g/mol. The van der Waals surface area contributed by atoms with Crippen LogP contribution >= 0.6 is 0 Å². The molecular formula is C22H19N3O4. The van der Waals surface area contributed by atoms with E-state index in [1.807, 2.05) is 30.3 Å². The highest BCUT2D eigenvalue weighted by atomic mass is 16.7. The van der Waals surface area contributed by atoms with Crippen LogP contribution in [0.4, 0.5) is 0 Å². The van der Waals surface area contributed by atoms with Gasteiger partial charge in [0, 0.05) is 32.8 Å². The van der Waals surface area contributed by atoms with Crippen molar-refractivity contribution >= 4 is 22.7 Å². The second kappa shape index (κ2) is 5.76. The number of nitrogens with one attached hydrogen (secondary N) is 1. The van der Waals surface area contributed by atoms with Gasteiger partial charge in [0.05, 0.1) is 12.6 Å². The normalized spacial score (nSPS) is 25.6. The number of fused-ring (bicyclic) bond motifs is 5. The number of benzene rings is 2. The first-order valence-corrected chi connectivity index (χ1v) is 9.44. The topological polar surface area (TPSA) is 74.9 Å². The lowest BCUT2D eigenvalue weighted by Crippen LogP contribution is -2.62. The molecule has 2 aromatic carbocycles. The molecule has 1 unspecified atom stereocenters. The molecule has 1 N–H and O–H groups in total. The molecule has 1 saturated heterocycles. The minimum absolute atomic E-state index is 0.0952. The number of piperazine rings is 1. The molecule has 0 radical (unpaired) electrons. The first-order chi connectivity index (χ1) is 14.9. The monoisotopic (exact) mass is 391 g/mol. The molecule has 146 valence electrons. The van der Waals surface area contributed by atoms with E-state index in [9.17, 15) is 9.59 Å². The van der Waals surface area contributed by atoms with Crippen LogP contribution in [0.2, 0.25) is 0 Å². The molecule has 7 heteroatoms. The van der Waals surface area contributed by atoms with Gasteiger partial charge in [-0.1, -0.05) is 24.3 Å². The van der Waals surface area contributed by atoms with Crippen LogP contribution in [0.3, 0.4) is 0 Å². The fourth-order valence-corrected chi connectivity index (χ4v) is 4.47. The van der Waals surface area contributed by atoms with Crippen molar-refractivity contribution in [3.63, 3.8) is 0 Å². The standard InChI is InChI=1S/C22H19N3O4/c1-24-10-19(26)25-16(22(24)27)9-14-13-4-2-3-5-15(13)23-20(14)21(25)12-6-7-17-18(8-12)29-11-28-17/h2-8,16,21,23H,9-11H2,1H3/t16-,21?/m1/s1/i9D2. The predicted octanol–water partition coefficient (Wildman–Crippen LogP) is 2.21. The van der Waals surface area contributed by atoms with Crippen molar-refractivity contribution in [1.29, 1.82) is 0 Å². The Morgan fingerprint density at radius 2 is 1.97 bits per heavy atom. The summed E-state index contributed by atoms with van der Waals surface area (Å²) in [5.41, 5.74) is 2.48. The van der Waals surface area contributed by atoms with Gasteiger partial charge < -0.3 is 24.3 Å². The molecule has 3 aromatic rings. The highest BCUT2D eigenvalue weighted by Crippen LogP contribution is 2.44.